The van der Waals surface area contributed by atoms with E-state index in [0.29, 0.717) is 0 Å². The second kappa shape index (κ2) is 6.35. The van der Waals surface area contributed by atoms with Gasteiger partial charge in [-0.3, -0.25) is 0 Å². The number of benzene rings is 3. The van der Waals surface area contributed by atoms with Gasteiger partial charge in [-0.05, 0) is 73.5 Å². The Hall–Kier alpha value is -2.74. The fourth-order valence-electron chi connectivity index (χ4n) is 2.31. The Bertz CT molecular complexity index is 746. The second-order valence-electron chi connectivity index (χ2n) is 5.49. The van der Waals surface area contributed by atoms with Crippen LogP contribution in [0.1, 0.15) is 11.1 Å². The number of hydrogen-bond acceptors (Lipinski definition) is 2. The van der Waals surface area contributed by atoms with Crippen LogP contribution in [0.2, 0.25) is 0 Å². The van der Waals surface area contributed by atoms with E-state index in [9.17, 15) is 0 Å². The largest absolute Gasteiger partial charge is 0.356 e. The highest BCUT2D eigenvalue weighted by molar-refractivity contribution is 5.66. The van der Waals surface area contributed by atoms with Crippen LogP contribution in [0.4, 0.5) is 22.7 Å². The van der Waals surface area contributed by atoms with E-state index < -0.39 is 0 Å². The summed E-state index contributed by atoms with van der Waals surface area (Å²) in [6.07, 6.45) is 0. The van der Waals surface area contributed by atoms with Crippen LogP contribution < -0.4 is 10.6 Å². The maximum atomic E-state index is 3.44. The Morgan fingerprint density at radius 2 is 1.00 bits per heavy atom. The summed E-state index contributed by atoms with van der Waals surface area (Å²) >= 11 is 0. The van der Waals surface area contributed by atoms with Crippen LogP contribution in [0, 0.1) is 13.8 Å². The van der Waals surface area contributed by atoms with Crippen LogP contribution in [-0.4, -0.2) is 0 Å². The third-order valence-electron chi connectivity index (χ3n) is 3.74. The molecule has 0 aliphatic carbocycles. The van der Waals surface area contributed by atoms with Crippen molar-refractivity contribution in [3.8, 4) is 0 Å². The quantitative estimate of drug-likeness (QED) is 0.635. The smallest absolute Gasteiger partial charge is 0.0387 e. The molecular formula is C20H20N2. The fraction of sp³-hybridized carbons (Fsp3) is 0.100. The molecule has 0 saturated heterocycles. The molecule has 0 aromatic heterocycles. The van der Waals surface area contributed by atoms with Crippen molar-refractivity contribution in [1.82, 2.24) is 0 Å². The Morgan fingerprint density at radius 3 is 1.59 bits per heavy atom. The SMILES string of the molecule is Cc1ccc(Nc2ccc(Nc3ccccc3)cc2)cc1C. The summed E-state index contributed by atoms with van der Waals surface area (Å²) in [4.78, 5) is 0. The molecule has 0 amide bonds. The predicted molar refractivity (Wildman–Crippen MR) is 95.4 cm³/mol. The molecule has 0 aliphatic rings. The molecule has 0 unspecified atom stereocenters. The first-order valence-electron chi connectivity index (χ1n) is 7.47. The molecule has 0 aliphatic heterocycles. The zero-order chi connectivity index (χ0) is 15.4. The fourth-order valence-corrected chi connectivity index (χ4v) is 2.31. The minimum atomic E-state index is 1.08. The molecule has 0 heterocycles. The number of rotatable bonds is 4. The van der Waals surface area contributed by atoms with E-state index in [4.69, 9.17) is 0 Å². The van der Waals surface area contributed by atoms with E-state index in [1.807, 2.05) is 18.2 Å². The van der Waals surface area contributed by atoms with Crippen molar-refractivity contribution >= 4 is 22.7 Å². The molecular weight excluding hydrogens is 268 g/mol. The normalized spacial score (nSPS) is 10.3. The van der Waals surface area contributed by atoms with E-state index in [0.717, 1.165) is 22.7 Å². The molecule has 0 saturated carbocycles. The van der Waals surface area contributed by atoms with Crippen LogP contribution in [0.3, 0.4) is 0 Å². The molecule has 0 bridgehead atoms. The molecule has 0 fully saturated rings. The third-order valence-corrected chi connectivity index (χ3v) is 3.74. The molecule has 110 valence electrons. The number of nitrogens with one attached hydrogen (secondary N) is 2. The maximum absolute atomic E-state index is 3.44. The summed E-state index contributed by atoms with van der Waals surface area (Å²) in [6, 6.07) is 24.9. The topological polar surface area (TPSA) is 24.1 Å². The molecule has 0 atom stereocenters. The number of anilines is 4. The molecule has 0 radical (unpaired) electrons. The highest BCUT2D eigenvalue weighted by Crippen LogP contribution is 2.22. The number of para-hydroxylation sites is 1. The average molecular weight is 288 g/mol. The van der Waals surface area contributed by atoms with Crippen LogP contribution in [0.15, 0.2) is 72.8 Å². The van der Waals surface area contributed by atoms with Gasteiger partial charge in [-0.25, -0.2) is 0 Å². The summed E-state index contributed by atoms with van der Waals surface area (Å²) in [5.41, 5.74) is 6.99. The monoisotopic (exact) mass is 288 g/mol. The maximum Gasteiger partial charge on any atom is 0.0387 e. The van der Waals surface area contributed by atoms with Gasteiger partial charge in [-0.1, -0.05) is 24.3 Å². The average Bonchev–Trinajstić information content (AvgIpc) is 2.54. The van der Waals surface area contributed by atoms with Gasteiger partial charge >= 0.3 is 0 Å². The zero-order valence-electron chi connectivity index (χ0n) is 12.9. The van der Waals surface area contributed by atoms with Gasteiger partial charge in [-0.15, -0.1) is 0 Å². The van der Waals surface area contributed by atoms with Crippen molar-refractivity contribution in [3.05, 3.63) is 83.9 Å². The van der Waals surface area contributed by atoms with E-state index in [2.05, 4.69) is 79.1 Å². The summed E-state index contributed by atoms with van der Waals surface area (Å²) < 4.78 is 0. The van der Waals surface area contributed by atoms with Crippen molar-refractivity contribution < 1.29 is 0 Å². The third kappa shape index (κ3) is 3.47. The minimum absolute atomic E-state index is 1.08. The first kappa shape index (κ1) is 14.2. The van der Waals surface area contributed by atoms with E-state index in [-0.39, 0.29) is 0 Å². The Balaban J connectivity index is 1.70. The Kier molecular flexibility index (Phi) is 4.10. The highest BCUT2D eigenvalue weighted by atomic mass is 14.9. The second-order valence-corrected chi connectivity index (χ2v) is 5.49. The van der Waals surface area contributed by atoms with Gasteiger partial charge in [0.1, 0.15) is 0 Å². The van der Waals surface area contributed by atoms with Crippen molar-refractivity contribution in [2.75, 3.05) is 10.6 Å². The predicted octanol–water partition coefficient (Wildman–Crippen LogP) is 5.79. The first-order valence-corrected chi connectivity index (χ1v) is 7.47. The lowest BCUT2D eigenvalue weighted by molar-refractivity contribution is 1.34. The van der Waals surface area contributed by atoms with Crippen molar-refractivity contribution in [3.63, 3.8) is 0 Å². The summed E-state index contributed by atoms with van der Waals surface area (Å²) in [7, 11) is 0. The van der Waals surface area contributed by atoms with E-state index >= 15 is 0 Å². The summed E-state index contributed by atoms with van der Waals surface area (Å²) in [5.74, 6) is 0. The van der Waals surface area contributed by atoms with Crippen molar-refractivity contribution in [2.24, 2.45) is 0 Å². The van der Waals surface area contributed by atoms with Crippen LogP contribution in [0.5, 0.6) is 0 Å². The van der Waals surface area contributed by atoms with E-state index in [1.54, 1.807) is 0 Å². The van der Waals surface area contributed by atoms with E-state index in [1.165, 1.54) is 11.1 Å². The molecule has 2 heteroatoms. The number of aryl methyl sites for hydroxylation is 2. The minimum Gasteiger partial charge on any atom is -0.356 e. The molecule has 0 spiro atoms. The molecule has 3 aromatic carbocycles. The Labute approximate surface area is 131 Å². The molecule has 3 rings (SSSR count). The van der Waals surface area contributed by atoms with Gasteiger partial charge in [0, 0.05) is 22.7 Å². The molecule has 3 aromatic rings. The summed E-state index contributed by atoms with van der Waals surface area (Å²) in [6.45, 7) is 4.26. The van der Waals surface area contributed by atoms with Crippen LogP contribution in [0.25, 0.3) is 0 Å². The van der Waals surface area contributed by atoms with Crippen LogP contribution in [-0.2, 0) is 0 Å². The lowest BCUT2D eigenvalue weighted by Crippen LogP contribution is -1.93. The van der Waals surface area contributed by atoms with Crippen molar-refractivity contribution in [1.29, 1.82) is 0 Å². The van der Waals surface area contributed by atoms with Gasteiger partial charge in [0.05, 0.1) is 0 Å². The highest BCUT2D eigenvalue weighted by Gasteiger charge is 1.99. The lowest BCUT2D eigenvalue weighted by atomic mass is 10.1. The molecule has 2 nitrogen and oxygen atoms in total. The molecule has 2 N–H and O–H groups in total. The standard InChI is InChI=1S/C20H20N2/c1-15-8-9-20(14-16(15)2)22-19-12-10-18(11-13-19)21-17-6-4-3-5-7-17/h3-14,21-22H,1-2H3. The zero-order valence-corrected chi connectivity index (χ0v) is 12.9. The first-order chi connectivity index (χ1) is 10.7. The summed E-state index contributed by atoms with van der Waals surface area (Å²) in [5, 5.41) is 6.82. The van der Waals surface area contributed by atoms with Gasteiger partial charge in [0.15, 0.2) is 0 Å². The van der Waals surface area contributed by atoms with Gasteiger partial charge in [0.25, 0.3) is 0 Å². The van der Waals surface area contributed by atoms with Gasteiger partial charge in [0.2, 0.25) is 0 Å². The Morgan fingerprint density at radius 1 is 0.500 bits per heavy atom. The molecule has 22 heavy (non-hydrogen) atoms. The van der Waals surface area contributed by atoms with Crippen molar-refractivity contribution in [2.45, 2.75) is 13.8 Å². The van der Waals surface area contributed by atoms with Gasteiger partial charge < -0.3 is 10.6 Å². The lowest BCUT2D eigenvalue weighted by Gasteiger charge is -2.10. The number of hydrogen-bond donors (Lipinski definition) is 2. The van der Waals surface area contributed by atoms with Crippen LogP contribution >= 0.6 is 0 Å². The van der Waals surface area contributed by atoms with Gasteiger partial charge in [-0.2, -0.15) is 0 Å².